The molecule has 3 rings (SSSR count). The number of nitrogen functional groups attached to an aromatic ring is 1. The lowest BCUT2D eigenvalue weighted by atomic mass is 10.1. The van der Waals surface area contributed by atoms with E-state index in [9.17, 15) is 0 Å². The zero-order valence-corrected chi connectivity index (χ0v) is 13.9. The third kappa shape index (κ3) is 3.01. The first-order valence-electron chi connectivity index (χ1n) is 6.62. The standard InChI is InChI=1S/C15H15BrN4S/c1-9(15-18-4-5-21-15)7-19-13-3-2-12(17)11-6-10(16)8-20-14(11)13/h2-6,8-9,19H,7,17H2,1H3. The van der Waals surface area contributed by atoms with Crippen LogP contribution in [0.2, 0.25) is 0 Å². The molecule has 0 saturated carbocycles. The molecule has 0 saturated heterocycles. The minimum Gasteiger partial charge on any atom is -0.398 e. The molecule has 1 atom stereocenters. The molecule has 3 N–H and O–H groups in total. The Labute approximate surface area is 135 Å². The molecule has 2 heterocycles. The number of rotatable bonds is 4. The molecule has 21 heavy (non-hydrogen) atoms. The summed E-state index contributed by atoms with van der Waals surface area (Å²) < 4.78 is 0.926. The van der Waals surface area contributed by atoms with Gasteiger partial charge in [0.05, 0.1) is 16.2 Å². The summed E-state index contributed by atoms with van der Waals surface area (Å²) in [6.45, 7) is 2.97. The zero-order chi connectivity index (χ0) is 14.8. The van der Waals surface area contributed by atoms with Crippen LogP contribution in [0.3, 0.4) is 0 Å². The summed E-state index contributed by atoms with van der Waals surface area (Å²) in [5.41, 5.74) is 8.65. The molecule has 0 aliphatic heterocycles. The highest BCUT2D eigenvalue weighted by Gasteiger charge is 2.10. The third-order valence-electron chi connectivity index (χ3n) is 3.32. The van der Waals surface area contributed by atoms with Crippen LogP contribution >= 0.6 is 27.3 Å². The van der Waals surface area contributed by atoms with Crippen LogP contribution in [0.4, 0.5) is 11.4 Å². The quantitative estimate of drug-likeness (QED) is 0.680. The first-order valence-corrected chi connectivity index (χ1v) is 8.29. The molecule has 6 heteroatoms. The van der Waals surface area contributed by atoms with E-state index in [2.05, 4.69) is 38.1 Å². The molecule has 0 bridgehead atoms. The average molecular weight is 363 g/mol. The SMILES string of the molecule is CC(CNc1ccc(N)c2cc(Br)cnc12)c1nccs1. The van der Waals surface area contributed by atoms with Gasteiger partial charge in [-0.05, 0) is 34.1 Å². The van der Waals surface area contributed by atoms with E-state index >= 15 is 0 Å². The number of pyridine rings is 1. The van der Waals surface area contributed by atoms with Gasteiger partial charge in [0, 0.05) is 45.8 Å². The number of aromatic nitrogens is 2. The number of fused-ring (bicyclic) bond motifs is 1. The molecule has 4 nitrogen and oxygen atoms in total. The van der Waals surface area contributed by atoms with Crippen molar-refractivity contribution < 1.29 is 0 Å². The minimum absolute atomic E-state index is 0.355. The Balaban J connectivity index is 1.86. The minimum atomic E-state index is 0.355. The van der Waals surface area contributed by atoms with Gasteiger partial charge in [-0.3, -0.25) is 4.98 Å². The highest BCUT2D eigenvalue weighted by molar-refractivity contribution is 9.10. The lowest BCUT2D eigenvalue weighted by molar-refractivity contribution is 0.795. The van der Waals surface area contributed by atoms with Crippen LogP contribution < -0.4 is 11.1 Å². The van der Waals surface area contributed by atoms with Crippen molar-refractivity contribution in [3.05, 3.63) is 45.5 Å². The molecule has 0 aliphatic carbocycles. The first-order chi connectivity index (χ1) is 10.1. The van der Waals surface area contributed by atoms with E-state index in [1.165, 1.54) is 0 Å². The Hall–Kier alpha value is -1.66. The van der Waals surface area contributed by atoms with Crippen LogP contribution in [-0.4, -0.2) is 16.5 Å². The molecule has 1 aromatic carbocycles. The molecule has 0 fully saturated rings. The van der Waals surface area contributed by atoms with Crippen molar-refractivity contribution in [3.63, 3.8) is 0 Å². The maximum Gasteiger partial charge on any atom is 0.0970 e. The number of hydrogen-bond acceptors (Lipinski definition) is 5. The third-order valence-corrected chi connectivity index (χ3v) is 4.76. The Morgan fingerprint density at radius 3 is 3.00 bits per heavy atom. The van der Waals surface area contributed by atoms with Crippen molar-refractivity contribution >= 4 is 49.5 Å². The maximum absolute atomic E-state index is 6.03. The molecule has 1 unspecified atom stereocenters. The van der Waals surface area contributed by atoms with E-state index in [1.54, 1.807) is 17.5 Å². The van der Waals surface area contributed by atoms with E-state index in [4.69, 9.17) is 5.73 Å². The predicted octanol–water partition coefficient (Wildman–Crippen LogP) is 4.25. The summed E-state index contributed by atoms with van der Waals surface area (Å²) in [5, 5.41) is 7.55. The highest BCUT2D eigenvalue weighted by Crippen LogP contribution is 2.29. The number of anilines is 2. The van der Waals surface area contributed by atoms with Crippen molar-refractivity contribution in [1.82, 2.24) is 9.97 Å². The van der Waals surface area contributed by atoms with Crippen molar-refractivity contribution in [2.24, 2.45) is 0 Å². The van der Waals surface area contributed by atoms with Gasteiger partial charge < -0.3 is 11.1 Å². The summed E-state index contributed by atoms with van der Waals surface area (Å²) in [6.07, 6.45) is 3.63. The van der Waals surface area contributed by atoms with Gasteiger partial charge in [-0.15, -0.1) is 11.3 Å². The fraction of sp³-hybridized carbons (Fsp3) is 0.200. The van der Waals surface area contributed by atoms with Gasteiger partial charge in [-0.25, -0.2) is 4.98 Å². The topological polar surface area (TPSA) is 63.8 Å². The second-order valence-corrected chi connectivity index (χ2v) is 6.75. The van der Waals surface area contributed by atoms with Gasteiger partial charge >= 0.3 is 0 Å². The molecular formula is C15H15BrN4S. The fourth-order valence-corrected chi connectivity index (χ4v) is 3.22. The molecule has 0 aliphatic rings. The molecule has 2 aromatic heterocycles. The smallest absolute Gasteiger partial charge is 0.0970 e. The van der Waals surface area contributed by atoms with E-state index in [-0.39, 0.29) is 0 Å². The summed E-state index contributed by atoms with van der Waals surface area (Å²) in [4.78, 5) is 8.83. The molecule has 108 valence electrons. The van der Waals surface area contributed by atoms with E-state index in [0.717, 1.165) is 38.3 Å². The van der Waals surface area contributed by atoms with Gasteiger partial charge in [0.2, 0.25) is 0 Å². The summed E-state index contributed by atoms with van der Waals surface area (Å²) in [7, 11) is 0. The Kier molecular flexibility index (Phi) is 4.07. The van der Waals surface area contributed by atoms with E-state index < -0.39 is 0 Å². The van der Waals surface area contributed by atoms with Crippen LogP contribution in [-0.2, 0) is 0 Å². The molecule has 0 radical (unpaired) electrons. The van der Waals surface area contributed by atoms with Crippen LogP contribution in [0.25, 0.3) is 10.9 Å². The maximum atomic E-state index is 6.03. The lowest BCUT2D eigenvalue weighted by Crippen LogP contribution is -2.10. The number of nitrogens with one attached hydrogen (secondary N) is 1. The number of benzene rings is 1. The number of nitrogens with zero attached hydrogens (tertiary/aromatic N) is 2. The summed E-state index contributed by atoms with van der Waals surface area (Å²) >= 11 is 5.12. The molecule has 0 spiro atoms. The van der Waals surface area contributed by atoms with Crippen LogP contribution in [0, 0.1) is 0 Å². The average Bonchev–Trinajstić information content (AvgIpc) is 3.01. The second kappa shape index (κ2) is 5.99. The Morgan fingerprint density at radius 1 is 1.38 bits per heavy atom. The lowest BCUT2D eigenvalue weighted by Gasteiger charge is -2.14. The van der Waals surface area contributed by atoms with Crippen molar-refractivity contribution in [2.75, 3.05) is 17.6 Å². The van der Waals surface area contributed by atoms with Gasteiger partial charge in [0.1, 0.15) is 0 Å². The van der Waals surface area contributed by atoms with Crippen LogP contribution in [0.5, 0.6) is 0 Å². The Morgan fingerprint density at radius 2 is 2.24 bits per heavy atom. The van der Waals surface area contributed by atoms with Gasteiger partial charge in [-0.1, -0.05) is 6.92 Å². The highest BCUT2D eigenvalue weighted by atomic mass is 79.9. The number of thiazole rings is 1. The van der Waals surface area contributed by atoms with Crippen molar-refractivity contribution in [2.45, 2.75) is 12.8 Å². The molecule has 3 aromatic rings. The van der Waals surface area contributed by atoms with E-state index in [0.29, 0.717) is 5.92 Å². The molecular weight excluding hydrogens is 348 g/mol. The largest absolute Gasteiger partial charge is 0.398 e. The number of nitrogens with two attached hydrogens (primary N) is 1. The van der Waals surface area contributed by atoms with Crippen molar-refractivity contribution in [3.8, 4) is 0 Å². The van der Waals surface area contributed by atoms with E-state index in [1.807, 2.05) is 29.8 Å². The Bertz CT molecular complexity index is 758. The summed E-state index contributed by atoms with van der Waals surface area (Å²) in [5.74, 6) is 0.355. The van der Waals surface area contributed by atoms with Gasteiger partial charge in [0.15, 0.2) is 0 Å². The van der Waals surface area contributed by atoms with Crippen LogP contribution in [0.15, 0.2) is 40.4 Å². The zero-order valence-electron chi connectivity index (χ0n) is 11.5. The van der Waals surface area contributed by atoms with Crippen LogP contribution in [0.1, 0.15) is 17.8 Å². The number of halogens is 1. The van der Waals surface area contributed by atoms with Gasteiger partial charge in [0.25, 0.3) is 0 Å². The monoisotopic (exact) mass is 362 g/mol. The first kappa shape index (κ1) is 14.3. The normalized spacial score (nSPS) is 12.5. The predicted molar refractivity (Wildman–Crippen MR) is 92.9 cm³/mol. The summed E-state index contributed by atoms with van der Waals surface area (Å²) in [6, 6.07) is 5.88. The number of hydrogen-bond donors (Lipinski definition) is 2. The second-order valence-electron chi connectivity index (χ2n) is 4.90. The van der Waals surface area contributed by atoms with Crippen molar-refractivity contribution in [1.29, 1.82) is 0 Å². The van der Waals surface area contributed by atoms with Gasteiger partial charge in [-0.2, -0.15) is 0 Å². The fourth-order valence-electron chi connectivity index (χ4n) is 2.19. The molecule has 0 amide bonds.